The van der Waals surface area contributed by atoms with Crippen LogP contribution in [0, 0.1) is 0 Å². The zero-order valence-electron chi connectivity index (χ0n) is 8.74. The number of nitrogens with zero attached hydrogens (tertiary/aromatic N) is 2. The number of hydrogen-bond donors (Lipinski definition) is 1. The number of fused-ring (bicyclic) bond motifs is 3. The molecular weight excluding hydrogens is 186 g/mol. The molecule has 0 unspecified atom stereocenters. The molecule has 3 rings (SSSR count). The van der Waals surface area contributed by atoms with Crippen LogP contribution in [-0.2, 0) is 19.4 Å². The van der Waals surface area contributed by atoms with Gasteiger partial charge >= 0.3 is 0 Å². The molecule has 0 aromatic carbocycles. The van der Waals surface area contributed by atoms with Crippen molar-refractivity contribution in [2.45, 2.75) is 32.2 Å². The van der Waals surface area contributed by atoms with E-state index < -0.39 is 0 Å². The van der Waals surface area contributed by atoms with Crippen molar-refractivity contribution in [3.05, 3.63) is 35.3 Å². The van der Waals surface area contributed by atoms with Crippen molar-refractivity contribution < 1.29 is 0 Å². The first-order chi connectivity index (χ1) is 7.38. The minimum Gasteiger partial charge on any atom is -0.326 e. The van der Waals surface area contributed by atoms with Gasteiger partial charge in [0.15, 0.2) is 0 Å². The second-order valence-corrected chi connectivity index (χ2v) is 4.18. The Morgan fingerprint density at radius 2 is 2.20 bits per heavy atom. The molecule has 2 aromatic heterocycles. The Kier molecular flexibility index (Phi) is 1.99. The Hall–Kier alpha value is -1.35. The first kappa shape index (κ1) is 8.92. The summed E-state index contributed by atoms with van der Waals surface area (Å²) in [6.07, 6.45) is 6.97. The van der Waals surface area contributed by atoms with Crippen molar-refractivity contribution in [2.75, 3.05) is 0 Å². The lowest BCUT2D eigenvalue weighted by Gasteiger charge is -2.09. The summed E-state index contributed by atoms with van der Waals surface area (Å²) in [5.41, 5.74) is 10.5. The van der Waals surface area contributed by atoms with Crippen LogP contribution in [0.2, 0.25) is 0 Å². The monoisotopic (exact) mass is 201 g/mol. The molecule has 0 atom stereocenters. The molecule has 2 heterocycles. The minimum absolute atomic E-state index is 0.591. The second kappa shape index (κ2) is 3.35. The first-order valence-electron chi connectivity index (χ1n) is 5.57. The summed E-state index contributed by atoms with van der Waals surface area (Å²) in [5, 5.41) is 0. The van der Waals surface area contributed by atoms with Crippen molar-refractivity contribution in [3.8, 4) is 0 Å². The predicted molar refractivity (Wildman–Crippen MR) is 59.7 cm³/mol. The standard InChI is InChI=1S/C12H15N3/c13-8-9-5-6-15-11-4-2-1-3-10(11)14-12(15)7-9/h5-7H,1-4,8,13H2. The summed E-state index contributed by atoms with van der Waals surface area (Å²) < 4.78 is 2.22. The average molecular weight is 201 g/mol. The molecule has 0 saturated heterocycles. The summed E-state index contributed by atoms with van der Waals surface area (Å²) in [6.45, 7) is 0.591. The third kappa shape index (κ3) is 1.35. The van der Waals surface area contributed by atoms with Crippen LogP contribution < -0.4 is 5.73 Å². The zero-order chi connectivity index (χ0) is 10.3. The number of aromatic nitrogens is 2. The van der Waals surface area contributed by atoms with Gasteiger partial charge in [-0.1, -0.05) is 0 Å². The average Bonchev–Trinajstić information content (AvgIpc) is 2.66. The Bertz CT molecular complexity index is 499. The van der Waals surface area contributed by atoms with Gasteiger partial charge in [-0.25, -0.2) is 4.98 Å². The van der Waals surface area contributed by atoms with Crippen molar-refractivity contribution in [1.82, 2.24) is 9.38 Å². The Balaban J connectivity index is 2.22. The molecule has 15 heavy (non-hydrogen) atoms. The highest BCUT2D eigenvalue weighted by atomic mass is 15.0. The molecule has 2 N–H and O–H groups in total. The second-order valence-electron chi connectivity index (χ2n) is 4.18. The van der Waals surface area contributed by atoms with Gasteiger partial charge in [0.2, 0.25) is 0 Å². The topological polar surface area (TPSA) is 43.3 Å². The number of aryl methyl sites for hydroxylation is 2. The van der Waals surface area contributed by atoms with Crippen LogP contribution in [0.1, 0.15) is 29.8 Å². The normalized spacial score (nSPS) is 15.5. The van der Waals surface area contributed by atoms with Gasteiger partial charge in [0.25, 0.3) is 0 Å². The van der Waals surface area contributed by atoms with E-state index in [0.717, 1.165) is 17.6 Å². The Labute approximate surface area is 88.9 Å². The largest absolute Gasteiger partial charge is 0.326 e. The highest BCUT2D eigenvalue weighted by Gasteiger charge is 2.15. The number of rotatable bonds is 1. The minimum atomic E-state index is 0.591. The quantitative estimate of drug-likeness (QED) is 0.762. The summed E-state index contributed by atoms with van der Waals surface area (Å²) in [5.74, 6) is 0. The van der Waals surface area contributed by atoms with Crippen LogP contribution in [0.3, 0.4) is 0 Å². The number of pyridine rings is 1. The van der Waals surface area contributed by atoms with E-state index in [2.05, 4.69) is 27.7 Å². The van der Waals surface area contributed by atoms with E-state index in [0.29, 0.717) is 6.54 Å². The van der Waals surface area contributed by atoms with Gasteiger partial charge in [-0.05, 0) is 43.4 Å². The van der Waals surface area contributed by atoms with Crippen LogP contribution in [0.15, 0.2) is 18.3 Å². The van der Waals surface area contributed by atoms with Gasteiger partial charge in [0.1, 0.15) is 5.65 Å². The number of hydrogen-bond acceptors (Lipinski definition) is 2. The first-order valence-corrected chi connectivity index (χ1v) is 5.57. The molecule has 1 aliphatic carbocycles. The molecule has 0 radical (unpaired) electrons. The van der Waals surface area contributed by atoms with Gasteiger partial charge in [0, 0.05) is 18.4 Å². The molecule has 3 heteroatoms. The molecule has 0 saturated carbocycles. The molecule has 0 aliphatic heterocycles. The summed E-state index contributed by atoms with van der Waals surface area (Å²) in [7, 11) is 0. The maximum Gasteiger partial charge on any atom is 0.137 e. The predicted octanol–water partition coefficient (Wildman–Crippen LogP) is 1.67. The van der Waals surface area contributed by atoms with Crippen LogP contribution in [0.25, 0.3) is 5.65 Å². The molecule has 0 bridgehead atoms. The molecule has 0 amide bonds. The number of nitrogens with two attached hydrogens (primary N) is 1. The SMILES string of the molecule is NCc1ccn2c3c(nc2c1)CCCC3. The Morgan fingerprint density at radius 3 is 3.07 bits per heavy atom. The fraction of sp³-hybridized carbons (Fsp3) is 0.417. The lowest BCUT2D eigenvalue weighted by atomic mass is 10.0. The van der Waals surface area contributed by atoms with E-state index >= 15 is 0 Å². The highest BCUT2D eigenvalue weighted by Crippen LogP contribution is 2.22. The van der Waals surface area contributed by atoms with Gasteiger partial charge in [-0.3, -0.25) is 0 Å². The molecule has 0 spiro atoms. The van der Waals surface area contributed by atoms with Crippen molar-refractivity contribution in [1.29, 1.82) is 0 Å². The Morgan fingerprint density at radius 1 is 1.33 bits per heavy atom. The van der Waals surface area contributed by atoms with E-state index in [9.17, 15) is 0 Å². The maximum atomic E-state index is 5.63. The zero-order valence-corrected chi connectivity index (χ0v) is 8.74. The molecule has 0 fully saturated rings. The summed E-state index contributed by atoms with van der Waals surface area (Å²) in [4.78, 5) is 4.67. The molecule has 2 aromatic rings. The third-order valence-corrected chi connectivity index (χ3v) is 3.19. The van der Waals surface area contributed by atoms with Gasteiger partial charge in [0.05, 0.1) is 5.69 Å². The van der Waals surface area contributed by atoms with Gasteiger partial charge in [-0.2, -0.15) is 0 Å². The van der Waals surface area contributed by atoms with E-state index in [1.807, 2.05) is 0 Å². The van der Waals surface area contributed by atoms with E-state index in [4.69, 9.17) is 5.73 Å². The molecular formula is C12H15N3. The van der Waals surface area contributed by atoms with E-state index in [-0.39, 0.29) is 0 Å². The summed E-state index contributed by atoms with van der Waals surface area (Å²) >= 11 is 0. The highest BCUT2D eigenvalue weighted by molar-refractivity contribution is 5.46. The van der Waals surface area contributed by atoms with Crippen LogP contribution >= 0.6 is 0 Å². The van der Waals surface area contributed by atoms with Crippen LogP contribution in [0.5, 0.6) is 0 Å². The van der Waals surface area contributed by atoms with Crippen molar-refractivity contribution in [3.63, 3.8) is 0 Å². The fourth-order valence-electron chi connectivity index (χ4n) is 2.36. The van der Waals surface area contributed by atoms with E-state index in [1.54, 1.807) is 0 Å². The van der Waals surface area contributed by atoms with Gasteiger partial charge < -0.3 is 10.1 Å². The van der Waals surface area contributed by atoms with Crippen LogP contribution in [0.4, 0.5) is 0 Å². The van der Waals surface area contributed by atoms with Crippen molar-refractivity contribution >= 4 is 5.65 Å². The maximum absolute atomic E-state index is 5.63. The summed E-state index contributed by atoms with van der Waals surface area (Å²) in [6, 6.07) is 4.18. The van der Waals surface area contributed by atoms with E-state index in [1.165, 1.54) is 30.7 Å². The molecule has 3 nitrogen and oxygen atoms in total. The van der Waals surface area contributed by atoms with Gasteiger partial charge in [-0.15, -0.1) is 0 Å². The molecule has 1 aliphatic rings. The lowest BCUT2D eigenvalue weighted by Crippen LogP contribution is -2.03. The van der Waals surface area contributed by atoms with Crippen LogP contribution in [-0.4, -0.2) is 9.38 Å². The smallest absolute Gasteiger partial charge is 0.137 e. The number of imidazole rings is 1. The van der Waals surface area contributed by atoms with Crippen molar-refractivity contribution in [2.24, 2.45) is 5.73 Å². The lowest BCUT2D eigenvalue weighted by molar-refractivity contribution is 0.660. The third-order valence-electron chi connectivity index (χ3n) is 3.19. The molecule has 78 valence electrons. The fourth-order valence-corrected chi connectivity index (χ4v) is 2.36.